The highest BCUT2D eigenvalue weighted by Crippen LogP contribution is 2.32. The lowest BCUT2D eigenvalue weighted by molar-refractivity contribution is 0.0962. The lowest BCUT2D eigenvalue weighted by Crippen LogP contribution is -2.21. The van der Waals surface area contributed by atoms with Crippen molar-refractivity contribution in [2.45, 2.75) is 32.1 Å². The fourth-order valence-electron chi connectivity index (χ4n) is 3.19. The maximum Gasteiger partial charge on any atom is 0.252 e. The average Bonchev–Trinajstić information content (AvgIpc) is 3.02. The molecule has 6 heteroatoms. The van der Waals surface area contributed by atoms with Crippen molar-refractivity contribution in [1.29, 1.82) is 0 Å². The third kappa shape index (κ3) is 2.44. The number of benzene rings is 1. The number of Topliss-reactive ketones (excluding diaryl/α,β-unsaturated/α-hetero) is 1. The van der Waals surface area contributed by atoms with Gasteiger partial charge in [-0.3, -0.25) is 4.79 Å². The molecular weight excluding hydrogens is 304 g/mol. The van der Waals surface area contributed by atoms with Crippen molar-refractivity contribution in [3.8, 4) is 5.75 Å². The summed E-state index contributed by atoms with van der Waals surface area (Å²) in [6, 6.07) is 7.90. The molecule has 1 aromatic carbocycles. The summed E-state index contributed by atoms with van der Waals surface area (Å²) in [5, 5.41) is 4.35. The third-order valence-electron chi connectivity index (χ3n) is 4.53. The number of carbonyl (C=O) groups excluding carboxylic acids is 1. The molecule has 0 saturated heterocycles. The fourth-order valence-corrected chi connectivity index (χ4v) is 3.19. The van der Waals surface area contributed by atoms with E-state index in [1.54, 1.807) is 17.8 Å². The van der Waals surface area contributed by atoms with Gasteiger partial charge < -0.3 is 4.74 Å². The van der Waals surface area contributed by atoms with Gasteiger partial charge in [-0.25, -0.2) is 9.50 Å². The van der Waals surface area contributed by atoms with Crippen molar-refractivity contribution in [3.63, 3.8) is 0 Å². The summed E-state index contributed by atoms with van der Waals surface area (Å²) in [6.07, 6.45) is 3.74. The highest BCUT2D eigenvalue weighted by Gasteiger charge is 2.28. The first-order valence-corrected chi connectivity index (χ1v) is 8.10. The minimum atomic E-state index is 0.111. The molecule has 4 rings (SSSR count). The maximum atomic E-state index is 12.6. The number of aryl methyl sites for hydroxylation is 1. The van der Waals surface area contributed by atoms with Gasteiger partial charge in [-0.1, -0.05) is 19.1 Å². The van der Waals surface area contributed by atoms with Crippen molar-refractivity contribution in [2.75, 3.05) is 7.11 Å². The van der Waals surface area contributed by atoms with Gasteiger partial charge in [0.05, 0.1) is 18.4 Å². The van der Waals surface area contributed by atoms with E-state index >= 15 is 0 Å². The maximum absolute atomic E-state index is 12.6. The number of methoxy groups -OCH3 is 1. The Morgan fingerprint density at radius 1 is 1.21 bits per heavy atom. The number of ketones is 1. The zero-order valence-corrected chi connectivity index (χ0v) is 13.7. The van der Waals surface area contributed by atoms with E-state index in [2.05, 4.69) is 15.1 Å². The smallest absolute Gasteiger partial charge is 0.252 e. The van der Waals surface area contributed by atoms with Crippen LogP contribution in [-0.4, -0.2) is 32.5 Å². The predicted octanol–water partition coefficient (Wildman–Crippen LogP) is 2.61. The molecule has 0 fully saturated rings. The quantitative estimate of drug-likeness (QED) is 0.741. The van der Waals surface area contributed by atoms with Crippen LogP contribution in [0, 0.1) is 0 Å². The van der Waals surface area contributed by atoms with Crippen LogP contribution in [0.4, 0.5) is 0 Å². The molecule has 0 amide bonds. The van der Waals surface area contributed by atoms with Crippen molar-refractivity contribution in [3.05, 3.63) is 53.1 Å². The Labute approximate surface area is 139 Å². The molecule has 3 aromatic rings. The molecule has 0 bridgehead atoms. The van der Waals surface area contributed by atoms with Crippen molar-refractivity contribution < 1.29 is 9.53 Å². The van der Waals surface area contributed by atoms with E-state index in [4.69, 9.17) is 4.74 Å². The summed E-state index contributed by atoms with van der Waals surface area (Å²) in [7, 11) is 1.65. The SMILES string of the molecule is CCc1nc2nc3c(cn2n1)C(=O)C[C@@H](c1ccc(OC)cc1)C3. The molecule has 1 atom stereocenters. The number of hydrogen-bond acceptors (Lipinski definition) is 5. The first kappa shape index (κ1) is 14.8. The number of carbonyl (C=O) groups is 1. The van der Waals surface area contributed by atoms with Crippen LogP contribution in [-0.2, 0) is 12.8 Å². The van der Waals surface area contributed by atoms with Gasteiger partial charge in [-0.05, 0) is 30.0 Å². The molecule has 122 valence electrons. The molecule has 0 N–H and O–H groups in total. The van der Waals surface area contributed by atoms with Crippen LogP contribution in [0.5, 0.6) is 5.75 Å². The topological polar surface area (TPSA) is 69.4 Å². The second kappa shape index (κ2) is 5.70. The number of rotatable bonds is 3. The van der Waals surface area contributed by atoms with Gasteiger partial charge >= 0.3 is 0 Å². The number of aromatic nitrogens is 4. The highest BCUT2D eigenvalue weighted by molar-refractivity contribution is 5.98. The van der Waals surface area contributed by atoms with E-state index in [-0.39, 0.29) is 11.7 Å². The molecule has 0 aliphatic heterocycles. The summed E-state index contributed by atoms with van der Waals surface area (Å²) in [6.45, 7) is 2.00. The van der Waals surface area contributed by atoms with Gasteiger partial charge in [0.1, 0.15) is 5.75 Å². The standard InChI is InChI=1S/C18H18N4O2/c1-3-17-20-18-19-15-8-12(11-4-6-13(24-2)7-5-11)9-16(23)14(15)10-22(18)21-17/h4-7,10,12H,3,8-9H2,1-2H3/t12-/m0/s1. The van der Waals surface area contributed by atoms with Crippen LogP contribution in [0.15, 0.2) is 30.5 Å². The second-order valence-corrected chi connectivity index (χ2v) is 6.03. The van der Waals surface area contributed by atoms with Crippen molar-refractivity contribution in [1.82, 2.24) is 19.6 Å². The van der Waals surface area contributed by atoms with Crippen LogP contribution in [0.25, 0.3) is 5.78 Å². The summed E-state index contributed by atoms with van der Waals surface area (Å²) in [5.74, 6) is 2.37. The Bertz CT molecular complexity index is 915. The minimum Gasteiger partial charge on any atom is -0.497 e. The summed E-state index contributed by atoms with van der Waals surface area (Å²) < 4.78 is 6.81. The van der Waals surface area contributed by atoms with E-state index in [0.717, 1.165) is 35.7 Å². The molecular formula is C18H18N4O2. The van der Waals surface area contributed by atoms with Gasteiger partial charge in [0.2, 0.25) is 0 Å². The average molecular weight is 322 g/mol. The van der Waals surface area contributed by atoms with E-state index in [0.29, 0.717) is 17.8 Å². The zero-order valence-electron chi connectivity index (χ0n) is 13.7. The van der Waals surface area contributed by atoms with Crippen LogP contribution < -0.4 is 4.74 Å². The van der Waals surface area contributed by atoms with Crippen LogP contribution >= 0.6 is 0 Å². The van der Waals surface area contributed by atoms with Crippen molar-refractivity contribution >= 4 is 11.6 Å². The van der Waals surface area contributed by atoms with E-state index in [9.17, 15) is 4.79 Å². The molecule has 1 aliphatic rings. The number of ether oxygens (including phenoxy) is 1. The molecule has 6 nitrogen and oxygen atoms in total. The summed E-state index contributed by atoms with van der Waals surface area (Å²) in [5.41, 5.74) is 2.61. The third-order valence-corrected chi connectivity index (χ3v) is 4.53. The molecule has 0 radical (unpaired) electrons. The Morgan fingerprint density at radius 2 is 2.00 bits per heavy atom. The van der Waals surface area contributed by atoms with Gasteiger partial charge in [0, 0.05) is 19.0 Å². The Hall–Kier alpha value is -2.76. The molecule has 0 saturated carbocycles. The lowest BCUT2D eigenvalue weighted by Gasteiger charge is -2.23. The van der Waals surface area contributed by atoms with Crippen LogP contribution in [0.2, 0.25) is 0 Å². The Morgan fingerprint density at radius 3 is 2.71 bits per heavy atom. The molecule has 0 spiro atoms. The van der Waals surface area contributed by atoms with E-state index in [1.165, 1.54) is 0 Å². The molecule has 2 heterocycles. The van der Waals surface area contributed by atoms with Gasteiger partial charge in [0.25, 0.3) is 5.78 Å². The number of hydrogen-bond donors (Lipinski definition) is 0. The van der Waals surface area contributed by atoms with Gasteiger partial charge in [-0.15, -0.1) is 5.10 Å². The molecule has 2 aromatic heterocycles. The number of nitrogens with zero attached hydrogens (tertiary/aromatic N) is 4. The Balaban J connectivity index is 1.71. The normalized spacial score (nSPS) is 17.1. The summed E-state index contributed by atoms with van der Waals surface area (Å²) >= 11 is 0. The van der Waals surface area contributed by atoms with Gasteiger partial charge in [0.15, 0.2) is 11.6 Å². The van der Waals surface area contributed by atoms with E-state index < -0.39 is 0 Å². The summed E-state index contributed by atoms with van der Waals surface area (Å²) in [4.78, 5) is 21.6. The largest absolute Gasteiger partial charge is 0.497 e. The lowest BCUT2D eigenvalue weighted by atomic mass is 9.82. The predicted molar refractivity (Wildman–Crippen MR) is 88.5 cm³/mol. The van der Waals surface area contributed by atoms with Crippen LogP contribution in [0.3, 0.4) is 0 Å². The minimum absolute atomic E-state index is 0.111. The number of fused-ring (bicyclic) bond motifs is 2. The van der Waals surface area contributed by atoms with E-state index in [1.807, 2.05) is 31.2 Å². The Kier molecular flexibility index (Phi) is 3.52. The second-order valence-electron chi connectivity index (χ2n) is 6.03. The zero-order chi connectivity index (χ0) is 16.7. The van der Waals surface area contributed by atoms with Gasteiger partial charge in [-0.2, -0.15) is 4.98 Å². The van der Waals surface area contributed by atoms with Crippen LogP contribution in [0.1, 0.15) is 46.7 Å². The molecule has 1 aliphatic carbocycles. The molecule has 0 unspecified atom stereocenters. The fraction of sp³-hybridized carbons (Fsp3) is 0.333. The first-order chi connectivity index (χ1) is 11.7. The molecule has 24 heavy (non-hydrogen) atoms. The first-order valence-electron chi connectivity index (χ1n) is 8.10. The highest BCUT2D eigenvalue weighted by atomic mass is 16.5. The van der Waals surface area contributed by atoms with Crippen molar-refractivity contribution in [2.24, 2.45) is 0 Å². The monoisotopic (exact) mass is 322 g/mol.